The molecule has 0 aromatic carbocycles. The van der Waals surface area contributed by atoms with E-state index in [4.69, 9.17) is 9.47 Å². The number of esters is 1. The SMILES string of the molecule is CCCCC/C=C\C/C=C\CCCCCCCCCCCCOCC(CO)OC(=O)CCCCCCCCCCCCCCCCC. The predicted molar refractivity (Wildman–Crippen MR) is 205 cm³/mol. The van der Waals surface area contributed by atoms with Crippen molar-refractivity contribution in [1.29, 1.82) is 0 Å². The van der Waals surface area contributed by atoms with Crippen LogP contribution >= 0.6 is 0 Å². The van der Waals surface area contributed by atoms with Crippen LogP contribution in [0, 0.1) is 0 Å². The molecule has 4 nitrogen and oxygen atoms in total. The van der Waals surface area contributed by atoms with Gasteiger partial charge in [0.15, 0.2) is 0 Å². The number of hydrogen-bond acceptors (Lipinski definition) is 4. The fourth-order valence-electron chi connectivity index (χ4n) is 6.12. The van der Waals surface area contributed by atoms with Crippen molar-refractivity contribution in [2.45, 2.75) is 225 Å². The summed E-state index contributed by atoms with van der Waals surface area (Å²) in [6.07, 6.45) is 49.4. The molecule has 47 heavy (non-hydrogen) atoms. The van der Waals surface area contributed by atoms with E-state index < -0.39 is 6.10 Å². The molecule has 0 aromatic rings. The first-order valence-corrected chi connectivity index (χ1v) is 20.9. The second kappa shape index (κ2) is 41.0. The molecule has 0 aliphatic rings. The van der Waals surface area contributed by atoms with Gasteiger partial charge in [0.05, 0.1) is 13.2 Å². The lowest BCUT2D eigenvalue weighted by Gasteiger charge is -2.16. The normalized spacial score (nSPS) is 12.5. The fourth-order valence-corrected chi connectivity index (χ4v) is 6.12. The fraction of sp³-hybridized carbons (Fsp3) is 0.884. The van der Waals surface area contributed by atoms with Gasteiger partial charge < -0.3 is 14.6 Å². The van der Waals surface area contributed by atoms with Gasteiger partial charge in [0.25, 0.3) is 0 Å². The Kier molecular flexibility index (Phi) is 40.1. The van der Waals surface area contributed by atoms with Crippen molar-refractivity contribution >= 4 is 5.97 Å². The van der Waals surface area contributed by atoms with Crippen LogP contribution < -0.4 is 0 Å². The Morgan fingerprint density at radius 1 is 0.511 bits per heavy atom. The van der Waals surface area contributed by atoms with E-state index in [1.54, 1.807) is 0 Å². The van der Waals surface area contributed by atoms with Crippen molar-refractivity contribution in [2.24, 2.45) is 0 Å². The molecular formula is C43H82O4. The minimum absolute atomic E-state index is 0.169. The molecule has 0 rings (SSSR count). The second-order valence-electron chi connectivity index (χ2n) is 14.1. The Labute approximate surface area is 294 Å². The van der Waals surface area contributed by atoms with Crippen LogP contribution in [0.2, 0.25) is 0 Å². The zero-order chi connectivity index (χ0) is 34.1. The van der Waals surface area contributed by atoms with Gasteiger partial charge in [0, 0.05) is 13.0 Å². The molecule has 4 heteroatoms. The molecule has 0 heterocycles. The van der Waals surface area contributed by atoms with E-state index >= 15 is 0 Å². The van der Waals surface area contributed by atoms with E-state index in [1.807, 2.05) is 0 Å². The number of carbonyl (C=O) groups excluding carboxylic acids is 1. The zero-order valence-corrected chi connectivity index (χ0v) is 31.8. The van der Waals surface area contributed by atoms with Gasteiger partial charge in [-0.3, -0.25) is 4.79 Å². The van der Waals surface area contributed by atoms with E-state index in [1.165, 1.54) is 173 Å². The third kappa shape index (κ3) is 39.2. The standard InChI is InChI=1S/C43H82O4/c1-3-5-7-9-11-13-15-17-19-20-21-22-23-25-27-29-31-33-35-37-39-46-41-42(40-44)47-43(45)38-36-34-32-30-28-26-24-18-16-14-12-10-8-6-4-2/h11,13,17,19,42,44H,3-10,12,14-16,18,20-41H2,1-2H3/b13-11-,19-17-. The van der Waals surface area contributed by atoms with Gasteiger partial charge in [-0.1, -0.05) is 192 Å². The first-order valence-electron chi connectivity index (χ1n) is 20.9. The summed E-state index contributed by atoms with van der Waals surface area (Å²) in [5.74, 6) is -0.198. The smallest absolute Gasteiger partial charge is 0.306 e. The summed E-state index contributed by atoms with van der Waals surface area (Å²) in [6.45, 7) is 5.34. The largest absolute Gasteiger partial charge is 0.457 e. The third-order valence-electron chi connectivity index (χ3n) is 9.28. The summed E-state index contributed by atoms with van der Waals surface area (Å²) >= 11 is 0. The minimum Gasteiger partial charge on any atom is -0.457 e. The highest BCUT2D eigenvalue weighted by atomic mass is 16.6. The maximum atomic E-state index is 12.2. The molecule has 0 amide bonds. The van der Waals surface area contributed by atoms with Crippen LogP contribution in [0.3, 0.4) is 0 Å². The first-order chi connectivity index (χ1) is 23.2. The molecule has 0 bridgehead atoms. The highest BCUT2D eigenvalue weighted by Gasteiger charge is 2.13. The highest BCUT2D eigenvalue weighted by molar-refractivity contribution is 5.69. The Balaban J connectivity index is 3.40. The Bertz CT molecular complexity index is 658. The van der Waals surface area contributed by atoms with Crippen LogP contribution in [0.25, 0.3) is 0 Å². The van der Waals surface area contributed by atoms with Gasteiger partial charge in [0.2, 0.25) is 0 Å². The topological polar surface area (TPSA) is 55.8 Å². The molecule has 0 aliphatic heterocycles. The summed E-state index contributed by atoms with van der Waals surface area (Å²) in [7, 11) is 0. The number of allylic oxidation sites excluding steroid dienone is 4. The lowest BCUT2D eigenvalue weighted by atomic mass is 10.0. The Hall–Kier alpha value is -1.13. The van der Waals surface area contributed by atoms with E-state index in [9.17, 15) is 9.90 Å². The molecule has 0 radical (unpaired) electrons. The lowest BCUT2D eigenvalue weighted by molar-refractivity contribution is -0.154. The van der Waals surface area contributed by atoms with Gasteiger partial charge in [-0.25, -0.2) is 0 Å². The van der Waals surface area contributed by atoms with E-state index in [0.717, 1.165) is 25.7 Å². The average molecular weight is 663 g/mol. The molecule has 1 unspecified atom stereocenters. The van der Waals surface area contributed by atoms with Crippen LogP contribution in [0.4, 0.5) is 0 Å². The van der Waals surface area contributed by atoms with Crippen molar-refractivity contribution < 1.29 is 19.4 Å². The monoisotopic (exact) mass is 663 g/mol. The van der Waals surface area contributed by atoms with Crippen LogP contribution in [0.1, 0.15) is 219 Å². The van der Waals surface area contributed by atoms with Crippen molar-refractivity contribution in [3.05, 3.63) is 24.3 Å². The molecule has 0 fully saturated rings. The van der Waals surface area contributed by atoms with Crippen LogP contribution in [0.5, 0.6) is 0 Å². The molecule has 0 aliphatic carbocycles. The molecule has 1 N–H and O–H groups in total. The molecule has 0 spiro atoms. The molecule has 1 atom stereocenters. The molecule has 0 saturated carbocycles. The predicted octanol–water partition coefficient (Wildman–Crippen LogP) is 13.5. The van der Waals surface area contributed by atoms with Gasteiger partial charge in [-0.2, -0.15) is 0 Å². The van der Waals surface area contributed by atoms with Gasteiger partial charge in [-0.15, -0.1) is 0 Å². The quantitative estimate of drug-likeness (QED) is 0.0404. The summed E-state index contributed by atoms with van der Waals surface area (Å²) in [4.78, 5) is 12.2. The molecule has 278 valence electrons. The number of rotatable bonds is 39. The van der Waals surface area contributed by atoms with E-state index in [-0.39, 0.29) is 12.6 Å². The van der Waals surface area contributed by atoms with Gasteiger partial charge in [-0.05, 0) is 44.9 Å². The maximum Gasteiger partial charge on any atom is 0.306 e. The van der Waals surface area contributed by atoms with Crippen LogP contribution in [-0.4, -0.2) is 37.0 Å². The second-order valence-corrected chi connectivity index (χ2v) is 14.1. The van der Waals surface area contributed by atoms with Gasteiger partial charge >= 0.3 is 5.97 Å². The van der Waals surface area contributed by atoms with Gasteiger partial charge in [0.1, 0.15) is 6.10 Å². The maximum absolute atomic E-state index is 12.2. The Morgan fingerprint density at radius 3 is 1.36 bits per heavy atom. The molecule has 0 aromatic heterocycles. The van der Waals surface area contributed by atoms with Crippen LogP contribution in [-0.2, 0) is 14.3 Å². The summed E-state index contributed by atoms with van der Waals surface area (Å²) in [5.41, 5.74) is 0. The lowest BCUT2D eigenvalue weighted by Crippen LogP contribution is -2.27. The highest BCUT2D eigenvalue weighted by Crippen LogP contribution is 2.15. The van der Waals surface area contributed by atoms with Crippen LogP contribution in [0.15, 0.2) is 24.3 Å². The zero-order valence-electron chi connectivity index (χ0n) is 31.8. The van der Waals surface area contributed by atoms with Crippen molar-refractivity contribution in [3.8, 4) is 0 Å². The minimum atomic E-state index is -0.530. The number of hydrogen-bond donors (Lipinski definition) is 1. The van der Waals surface area contributed by atoms with E-state index in [2.05, 4.69) is 38.2 Å². The number of ether oxygens (including phenoxy) is 2. The third-order valence-corrected chi connectivity index (χ3v) is 9.28. The molecular weight excluding hydrogens is 580 g/mol. The number of carbonyl (C=O) groups is 1. The first kappa shape index (κ1) is 45.9. The summed E-state index contributed by atoms with van der Waals surface area (Å²) < 4.78 is 11.2. The number of aliphatic hydroxyl groups excluding tert-OH is 1. The average Bonchev–Trinajstić information content (AvgIpc) is 3.08. The summed E-state index contributed by atoms with van der Waals surface area (Å²) in [5, 5.41) is 9.59. The van der Waals surface area contributed by atoms with Crippen molar-refractivity contribution in [3.63, 3.8) is 0 Å². The summed E-state index contributed by atoms with van der Waals surface area (Å²) in [6, 6.07) is 0. The van der Waals surface area contributed by atoms with E-state index in [0.29, 0.717) is 19.6 Å². The Morgan fingerprint density at radius 2 is 0.894 bits per heavy atom. The number of unbranched alkanes of at least 4 members (excludes halogenated alkanes) is 27. The van der Waals surface area contributed by atoms with Crippen molar-refractivity contribution in [1.82, 2.24) is 0 Å². The number of aliphatic hydroxyl groups is 1. The molecule has 0 saturated heterocycles. The van der Waals surface area contributed by atoms with Crippen molar-refractivity contribution in [2.75, 3.05) is 19.8 Å².